The number of carboxylic acids is 1. The first-order chi connectivity index (χ1) is 9.90. The van der Waals surface area contributed by atoms with Crippen molar-refractivity contribution < 1.29 is 19.8 Å². The lowest BCUT2D eigenvalue weighted by atomic mass is 9.90. The minimum Gasteiger partial charge on any atom is -0.505 e. The highest BCUT2D eigenvalue weighted by molar-refractivity contribution is 6.37. The number of carboxylic acid groups (broad SMARTS) is 1. The predicted octanol–water partition coefficient (Wildman–Crippen LogP) is 3.53. The lowest BCUT2D eigenvalue weighted by Gasteiger charge is -2.19. The fraction of sp³-hybridized carbons (Fsp3) is 0.429. The van der Waals surface area contributed by atoms with Crippen LogP contribution in [0, 0.1) is 11.8 Å². The van der Waals surface area contributed by atoms with Crippen LogP contribution in [0.1, 0.15) is 25.7 Å². The molecular formula is C14H15Cl2NO4. The van der Waals surface area contributed by atoms with Crippen LogP contribution in [0.15, 0.2) is 12.1 Å². The second-order valence-corrected chi connectivity index (χ2v) is 5.95. The number of carbonyl (C=O) groups is 2. The lowest BCUT2D eigenvalue weighted by molar-refractivity contribution is -0.147. The van der Waals surface area contributed by atoms with Gasteiger partial charge in [-0.3, -0.25) is 9.59 Å². The van der Waals surface area contributed by atoms with Crippen LogP contribution in [0.5, 0.6) is 5.75 Å². The molecule has 1 amide bonds. The van der Waals surface area contributed by atoms with Crippen LogP contribution in [0.3, 0.4) is 0 Å². The number of amides is 1. The summed E-state index contributed by atoms with van der Waals surface area (Å²) in [6, 6.07) is 2.66. The molecule has 0 heterocycles. The highest BCUT2D eigenvalue weighted by Gasteiger charge is 2.36. The van der Waals surface area contributed by atoms with E-state index in [0.29, 0.717) is 0 Å². The number of nitrogens with one attached hydrogen (secondary N) is 1. The summed E-state index contributed by atoms with van der Waals surface area (Å²) in [6.07, 6.45) is 3.36. The molecule has 0 spiro atoms. The number of halogens is 2. The predicted molar refractivity (Wildman–Crippen MR) is 79.8 cm³/mol. The molecule has 2 rings (SSSR count). The Hall–Kier alpha value is -1.46. The SMILES string of the molecule is O=C(O)C(C(=O)Nc1cc(Cl)c(O)c(Cl)c1)C1CCCC1. The number of carbonyl (C=O) groups excluding carboxylic acids is 1. The zero-order chi connectivity index (χ0) is 15.6. The van der Waals surface area contributed by atoms with Gasteiger partial charge in [-0.05, 0) is 30.9 Å². The fourth-order valence-corrected chi connectivity index (χ4v) is 3.16. The van der Waals surface area contributed by atoms with Gasteiger partial charge in [0.05, 0.1) is 10.0 Å². The number of hydrogen-bond donors (Lipinski definition) is 3. The number of aliphatic carboxylic acids is 1. The van der Waals surface area contributed by atoms with E-state index in [1.165, 1.54) is 12.1 Å². The highest BCUT2D eigenvalue weighted by atomic mass is 35.5. The smallest absolute Gasteiger partial charge is 0.316 e. The summed E-state index contributed by atoms with van der Waals surface area (Å²) in [5, 5.41) is 21.2. The molecular weight excluding hydrogens is 317 g/mol. The number of rotatable bonds is 4. The second-order valence-electron chi connectivity index (χ2n) is 5.14. The van der Waals surface area contributed by atoms with Gasteiger partial charge in [-0.2, -0.15) is 0 Å². The Labute approximate surface area is 131 Å². The van der Waals surface area contributed by atoms with Gasteiger partial charge < -0.3 is 15.5 Å². The van der Waals surface area contributed by atoms with Gasteiger partial charge in [0.2, 0.25) is 5.91 Å². The van der Waals surface area contributed by atoms with Gasteiger partial charge in [0.25, 0.3) is 0 Å². The summed E-state index contributed by atoms with van der Waals surface area (Å²) in [5.41, 5.74) is 0.261. The molecule has 1 aliphatic carbocycles. The Morgan fingerprint density at radius 1 is 1.19 bits per heavy atom. The molecule has 0 saturated heterocycles. The minimum atomic E-state index is -1.13. The molecule has 1 aromatic carbocycles. The Morgan fingerprint density at radius 2 is 1.71 bits per heavy atom. The van der Waals surface area contributed by atoms with Crippen molar-refractivity contribution in [3.8, 4) is 5.75 Å². The highest BCUT2D eigenvalue weighted by Crippen LogP contribution is 2.36. The van der Waals surface area contributed by atoms with E-state index in [4.69, 9.17) is 23.2 Å². The molecule has 3 N–H and O–H groups in total. The van der Waals surface area contributed by atoms with E-state index in [-0.39, 0.29) is 27.4 Å². The van der Waals surface area contributed by atoms with E-state index in [2.05, 4.69) is 5.32 Å². The molecule has 5 nitrogen and oxygen atoms in total. The van der Waals surface area contributed by atoms with Crippen LogP contribution in [0.4, 0.5) is 5.69 Å². The number of aromatic hydroxyl groups is 1. The average molecular weight is 332 g/mol. The molecule has 1 atom stereocenters. The molecule has 1 saturated carbocycles. The van der Waals surface area contributed by atoms with Crippen LogP contribution < -0.4 is 5.32 Å². The summed E-state index contributed by atoms with van der Waals surface area (Å²) < 4.78 is 0. The molecule has 0 bridgehead atoms. The zero-order valence-corrected chi connectivity index (χ0v) is 12.6. The summed E-state index contributed by atoms with van der Waals surface area (Å²) in [6.45, 7) is 0. The molecule has 0 aromatic heterocycles. The Morgan fingerprint density at radius 3 is 2.19 bits per heavy atom. The van der Waals surface area contributed by atoms with Crippen molar-refractivity contribution in [1.29, 1.82) is 0 Å². The van der Waals surface area contributed by atoms with Crippen molar-refractivity contribution in [3.63, 3.8) is 0 Å². The normalized spacial score (nSPS) is 16.7. The Bertz CT molecular complexity index is 547. The van der Waals surface area contributed by atoms with Gasteiger partial charge in [-0.15, -0.1) is 0 Å². The number of phenols is 1. The van der Waals surface area contributed by atoms with Crippen LogP contribution in [0.25, 0.3) is 0 Å². The molecule has 1 aromatic rings. The van der Waals surface area contributed by atoms with Crippen LogP contribution in [0.2, 0.25) is 10.0 Å². The van der Waals surface area contributed by atoms with Crippen molar-refractivity contribution in [2.75, 3.05) is 5.32 Å². The minimum absolute atomic E-state index is 0.00876. The van der Waals surface area contributed by atoms with Gasteiger partial charge in [0.1, 0.15) is 5.92 Å². The maximum Gasteiger partial charge on any atom is 0.316 e. The van der Waals surface area contributed by atoms with E-state index in [0.717, 1.165) is 25.7 Å². The zero-order valence-electron chi connectivity index (χ0n) is 11.1. The van der Waals surface area contributed by atoms with E-state index in [1.54, 1.807) is 0 Å². The number of hydrogen-bond acceptors (Lipinski definition) is 3. The van der Waals surface area contributed by atoms with E-state index < -0.39 is 17.8 Å². The largest absolute Gasteiger partial charge is 0.505 e. The first-order valence-electron chi connectivity index (χ1n) is 6.62. The average Bonchev–Trinajstić information content (AvgIpc) is 2.89. The third kappa shape index (κ3) is 3.60. The lowest BCUT2D eigenvalue weighted by Crippen LogP contribution is -2.34. The first-order valence-corrected chi connectivity index (χ1v) is 7.37. The molecule has 114 valence electrons. The van der Waals surface area contributed by atoms with Gasteiger partial charge in [-0.1, -0.05) is 36.0 Å². The van der Waals surface area contributed by atoms with Crippen LogP contribution in [-0.4, -0.2) is 22.1 Å². The topological polar surface area (TPSA) is 86.6 Å². The second kappa shape index (κ2) is 6.54. The molecule has 1 unspecified atom stereocenters. The van der Waals surface area contributed by atoms with Crippen molar-refractivity contribution in [2.24, 2.45) is 11.8 Å². The summed E-state index contributed by atoms with van der Waals surface area (Å²) in [4.78, 5) is 23.6. The van der Waals surface area contributed by atoms with Crippen LogP contribution in [-0.2, 0) is 9.59 Å². The van der Waals surface area contributed by atoms with Crippen LogP contribution >= 0.6 is 23.2 Å². The summed E-state index contributed by atoms with van der Waals surface area (Å²) in [7, 11) is 0. The standard InChI is InChI=1S/C14H15Cl2NO4/c15-9-5-8(6-10(16)12(9)18)17-13(19)11(14(20)21)7-3-1-2-4-7/h5-7,11,18H,1-4H2,(H,17,19)(H,20,21). The third-order valence-corrected chi connectivity index (χ3v) is 4.28. The Kier molecular flexibility index (Phi) is 4.96. The van der Waals surface area contributed by atoms with Gasteiger partial charge in [0, 0.05) is 5.69 Å². The monoisotopic (exact) mass is 331 g/mol. The van der Waals surface area contributed by atoms with Crippen molar-refractivity contribution >= 4 is 40.8 Å². The van der Waals surface area contributed by atoms with Gasteiger partial charge >= 0.3 is 5.97 Å². The van der Waals surface area contributed by atoms with Gasteiger partial charge in [0.15, 0.2) is 5.75 Å². The van der Waals surface area contributed by atoms with Crippen molar-refractivity contribution in [2.45, 2.75) is 25.7 Å². The van der Waals surface area contributed by atoms with E-state index in [1.807, 2.05) is 0 Å². The molecule has 21 heavy (non-hydrogen) atoms. The summed E-state index contributed by atoms with van der Waals surface area (Å²) >= 11 is 11.5. The van der Waals surface area contributed by atoms with E-state index in [9.17, 15) is 19.8 Å². The van der Waals surface area contributed by atoms with E-state index >= 15 is 0 Å². The molecule has 0 aliphatic heterocycles. The maximum atomic E-state index is 12.2. The molecule has 1 fully saturated rings. The molecule has 7 heteroatoms. The fourth-order valence-electron chi connectivity index (χ4n) is 2.68. The third-order valence-electron chi connectivity index (χ3n) is 3.70. The Balaban J connectivity index is 2.17. The quantitative estimate of drug-likeness (QED) is 0.581. The molecule has 1 aliphatic rings. The van der Waals surface area contributed by atoms with Gasteiger partial charge in [-0.25, -0.2) is 0 Å². The number of anilines is 1. The van der Waals surface area contributed by atoms with Crippen molar-refractivity contribution in [3.05, 3.63) is 22.2 Å². The maximum absolute atomic E-state index is 12.2. The number of benzene rings is 1. The summed E-state index contributed by atoms with van der Waals surface area (Å²) in [5.74, 6) is -3.23. The number of phenolic OH excluding ortho intramolecular Hbond substituents is 1. The molecule has 0 radical (unpaired) electrons. The first kappa shape index (κ1) is 15.9. The van der Waals surface area contributed by atoms with Crippen molar-refractivity contribution in [1.82, 2.24) is 0 Å².